The second-order valence-corrected chi connectivity index (χ2v) is 5.58. The SMILES string of the molecule is Nc1nc(N)c2c(=O)n(-c3ccc(F)cc3)c(-c3ccccc3)nc2n1. The van der Waals surface area contributed by atoms with Crippen molar-refractivity contribution in [2.45, 2.75) is 0 Å². The first kappa shape index (κ1) is 15.7. The largest absolute Gasteiger partial charge is 0.383 e. The zero-order valence-corrected chi connectivity index (χ0v) is 13.4. The first-order chi connectivity index (χ1) is 12.5. The number of nitrogens with zero attached hydrogens (tertiary/aromatic N) is 4. The molecule has 2 aromatic carbocycles. The van der Waals surface area contributed by atoms with Crippen LogP contribution in [0.25, 0.3) is 28.1 Å². The fourth-order valence-corrected chi connectivity index (χ4v) is 2.74. The summed E-state index contributed by atoms with van der Waals surface area (Å²) in [6.45, 7) is 0. The molecule has 26 heavy (non-hydrogen) atoms. The Morgan fingerprint density at radius 3 is 2.27 bits per heavy atom. The number of hydrogen-bond donors (Lipinski definition) is 2. The van der Waals surface area contributed by atoms with E-state index in [2.05, 4.69) is 15.0 Å². The van der Waals surface area contributed by atoms with E-state index in [0.717, 1.165) is 0 Å². The highest BCUT2D eigenvalue weighted by molar-refractivity contribution is 5.87. The minimum absolute atomic E-state index is 0.0551. The summed E-state index contributed by atoms with van der Waals surface area (Å²) in [4.78, 5) is 25.5. The monoisotopic (exact) mass is 348 g/mol. The van der Waals surface area contributed by atoms with Gasteiger partial charge in [-0.1, -0.05) is 30.3 Å². The number of fused-ring (bicyclic) bond motifs is 1. The van der Waals surface area contributed by atoms with E-state index in [9.17, 15) is 9.18 Å². The molecule has 0 aliphatic heterocycles. The third-order valence-electron chi connectivity index (χ3n) is 3.89. The molecule has 4 rings (SSSR count). The lowest BCUT2D eigenvalue weighted by atomic mass is 10.2. The molecular weight excluding hydrogens is 335 g/mol. The van der Waals surface area contributed by atoms with Gasteiger partial charge in [-0.05, 0) is 24.3 Å². The second-order valence-electron chi connectivity index (χ2n) is 5.58. The van der Waals surface area contributed by atoms with E-state index in [1.165, 1.54) is 28.8 Å². The number of rotatable bonds is 2. The Kier molecular flexibility index (Phi) is 3.58. The van der Waals surface area contributed by atoms with Crippen molar-refractivity contribution >= 4 is 22.8 Å². The van der Waals surface area contributed by atoms with Gasteiger partial charge in [-0.2, -0.15) is 9.97 Å². The molecule has 0 aliphatic rings. The number of halogens is 1. The van der Waals surface area contributed by atoms with Crippen LogP contribution in [0.5, 0.6) is 0 Å². The maximum Gasteiger partial charge on any atom is 0.271 e. The predicted octanol–water partition coefficient (Wildman–Crippen LogP) is 2.15. The molecule has 0 fully saturated rings. The highest BCUT2D eigenvalue weighted by Gasteiger charge is 2.18. The number of nitrogen functional groups attached to an aromatic ring is 2. The van der Waals surface area contributed by atoms with Gasteiger partial charge in [-0.3, -0.25) is 9.36 Å². The molecule has 2 heterocycles. The summed E-state index contributed by atoms with van der Waals surface area (Å²) in [5.41, 5.74) is 12.3. The van der Waals surface area contributed by atoms with Crippen LogP contribution < -0.4 is 17.0 Å². The fourth-order valence-electron chi connectivity index (χ4n) is 2.74. The molecule has 0 unspecified atom stereocenters. The lowest BCUT2D eigenvalue weighted by molar-refractivity contribution is 0.627. The highest BCUT2D eigenvalue weighted by Crippen LogP contribution is 2.23. The Bertz CT molecular complexity index is 1170. The molecule has 0 bridgehead atoms. The van der Waals surface area contributed by atoms with Crippen molar-refractivity contribution in [1.29, 1.82) is 0 Å². The fraction of sp³-hybridized carbons (Fsp3) is 0. The molecule has 0 saturated carbocycles. The second kappa shape index (κ2) is 5.92. The zero-order valence-electron chi connectivity index (χ0n) is 13.4. The van der Waals surface area contributed by atoms with Gasteiger partial charge < -0.3 is 11.5 Å². The Hall–Kier alpha value is -3.81. The first-order valence-electron chi connectivity index (χ1n) is 7.71. The van der Waals surface area contributed by atoms with Crippen molar-refractivity contribution < 1.29 is 4.39 Å². The summed E-state index contributed by atoms with van der Waals surface area (Å²) >= 11 is 0. The molecule has 0 atom stereocenters. The zero-order chi connectivity index (χ0) is 18.3. The van der Waals surface area contributed by atoms with Crippen LogP contribution in [0.15, 0.2) is 59.4 Å². The lowest BCUT2D eigenvalue weighted by Gasteiger charge is -2.14. The van der Waals surface area contributed by atoms with Gasteiger partial charge in [0.15, 0.2) is 5.65 Å². The molecule has 0 spiro atoms. The molecule has 0 aliphatic carbocycles. The molecule has 2 aromatic heterocycles. The first-order valence-corrected chi connectivity index (χ1v) is 7.71. The van der Waals surface area contributed by atoms with Crippen LogP contribution in [0.3, 0.4) is 0 Å². The van der Waals surface area contributed by atoms with E-state index in [-0.39, 0.29) is 22.8 Å². The van der Waals surface area contributed by atoms with Crippen LogP contribution in [0.2, 0.25) is 0 Å². The van der Waals surface area contributed by atoms with Crippen LogP contribution in [-0.2, 0) is 0 Å². The van der Waals surface area contributed by atoms with E-state index < -0.39 is 11.4 Å². The number of benzene rings is 2. The average Bonchev–Trinajstić information content (AvgIpc) is 2.62. The third kappa shape index (κ3) is 2.53. The van der Waals surface area contributed by atoms with Crippen LogP contribution in [0, 0.1) is 5.82 Å². The summed E-state index contributed by atoms with van der Waals surface area (Å²) in [5.74, 6) is -0.194. The Morgan fingerprint density at radius 2 is 1.58 bits per heavy atom. The van der Waals surface area contributed by atoms with Crippen molar-refractivity contribution in [2.24, 2.45) is 0 Å². The Labute approximate surface area is 146 Å². The van der Waals surface area contributed by atoms with Gasteiger partial charge in [0.2, 0.25) is 5.95 Å². The summed E-state index contributed by atoms with van der Waals surface area (Å²) < 4.78 is 14.7. The van der Waals surface area contributed by atoms with Crippen molar-refractivity contribution in [3.63, 3.8) is 0 Å². The summed E-state index contributed by atoms with van der Waals surface area (Å²) in [6, 6.07) is 14.6. The Morgan fingerprint density at radius 1 is 0.885 bits per heavy atom. The van der Waals surface area contributed by atoms with Crippen LogP contribution in [-0.4, -0.2) is 19.5 Å². The maximum atomic E-state index is 13.3. The molecule has 8 heteroatoms. The maximum absolute atomic E-state index is 13.3. The van der Waals surface area contributed by atoms with Gasteiger partial charge in [0.05, 0.1) is 5.69 Å². The van der Waals surface area contributed by atoms with Crippen molar-refractivity contribution in [3.05, 3.63) is 70.8 Å². The van der Waals surface area contributed by atoms with Gasteiger partial charge in [0, 0.05) is 5.56 Å². The molecule has 4 aromatic rings. The summed E-state index contributed by atoms with van der Waals surface area (Å²) in [6.07, 6.45) is 0. The van der Waals surface area contributed by atoms with Gasteiger partial charge in [-0.25, -0.2) is 9.37 Å². The van der Waals surface area contributed by atoms with Gasteiger partial charge >= 0.3 is 0 Å². The lowest BCUT2D eigenvalue weighted by Crippen LogP contribution is -2.24. The number of anilines is 2. The van der Waals surface area contributed by atoms with E-state index in [1.807, 2.05) is 30.3 Å². The molecular formula is C18H13FN6O. The molecule has 128 valence electrons. The van der Waals surface area contributed by atoms with Gasteiger partial charge in [-0.15, -0.1) is 0 Å². The van der Waals surface area contributed by atoms with Gasteiger partial charge in [0.1, 0.15) is 22.8 Å². The topological polar surface area (TPSA) is 113 Å². The van der Waals surface area contributed by atoms with Crippen molar-refractivity contribution in [1.82, 2.24) is 19.5 Å². The van der Waals surface area contributed by atoms with E-state index >= 15 is 0 Å². The molecule has 7 nitrogen and oxygen atoms in total. The van der Waals surface area contributed by atoms with Crippen molar-refractivity contribution in [3.8, 4) is 17.1 Å². The van der Waals surface area contributed by atoms with Crippen LogP contribution in [0.4, 0.5) is 16.2 Å². The van der Waals surface area contributed by atoms with Crippen LogP contribution in [0.1, 0.15) is 0 Å². The number of nitrogens with two attached hydrogens (primary N) is 2. The molecule has 4 N–H and O–H groups in total. The molecule has 0 saturated heterocycles. The van der Waals surface area contributed by atoms with E-state index in [4.69, 9.17) is 11.5 Å². The average molecular weight is 348 g/mol. The number of hydrogen-bond acceptors (Lipinski definition) is 6. The normalized spacial score (nSPS) is 11.0. The number of aromatic nitrogens is 4. The minimum atomic E-state index is -0.460. The quantitative estimate of drug-likeness (QED) is 0.574. The van der Waals surface area contributed by atoms with E-state index in [0.29, 0.717) is 17.1 Å². The van der Waals surface area contributed by atoms with Crippen molar-refractivity contribution in [2.75, 3.05) is 11.5 Å². The Balaban J connectivity index is 2.15. The van der Waals surface area contributed by atoms with E-state index in [1.54, 1.807) is 0 Å². The van der Waals surface area contributed by atoms with Gasteiger partial charge in [0.25, 0.3) is 5.56 Å². The minimum Gasteiger partial charge on any atom is -0.383 e. The smallest absolute Gasteiger partial charge is 0.271 e. The predicted molar refractivity (Wildman–Crippen MR) is 97.1 cm³/mol. The summed E-state index contributed by atoms with van der Waals surface area (Å²) in [5, 5.41) is 0.0585. The van der Waals surface area contributed by atoms with Crippen LogP contribution >= 0.6 is 0 Å². The summed E-state index contributed by atoms with van der Waals surface area (Å²) in [7, 11) is 0. The standard InChI is InChI=1S/C18H13FN6O/c19-11-6-8-12(9-7-11)25-16(10-4-2-1-3-5-10)23-15-13(17(25)26)14(20)22-18(21)24-15/h1-9H,(H4,20,21,22,24). The third-order valence-corrected chi connectivity index (χ3v) is 3.89. The molecule has 0 amide bonds. The molecule has 0 radical (unpaired) electrons. The highest BCUT2D eigenvalue weighted by atomic mass is 19.1.